The van der Waals surface area contributed by atoms with Crippen molar-refractivity contribution < 1.29 is 23.1 Å². The van der Waals surface area contributed by atoms with Gasteiger partial charge in [-0.05, 0) is 51.5 Å². The third-order valence-electron chi connectivity index (χ3n) is 4.79. The molecule has 9 heteroatoms. The molecule has 1 heterocycles. The molecule has 0 saturated carbocycles. The average Bonchev–Trinajstić information content (AvgIpc) is 2.98. The molecule has 1 aromatic carbocycles. The van der Waals surface area contributed by atoms with Crippen molar-refractivity contribution in [1.29, 1.82) is 0 Å². The van der Waals surface area contributed by atoms with Gasteiger partial charge < -0.3 is 15.3 Å². The normalized spacial score (nSPS) is 20.6. The van der Waals surface area contributed by atoms with Crippen LogP contribution in [0.1, 0.15) is 27.2 Å². The first kappa shape index (κ1) is 20.2. The second-order valence-corrected chi connectivity index (χ2v) is 9.10. The number of carboxylic acid groups (broad SMARTS) is 1. The van der Waals surface area contributed by atoms with E-state index in [9.17, 15) is 23.1 Å². The van der Waals surface area contributed by atoms with E-state index < -0.39 is 27.4 Å². The Kier molecular flexibility index (Phi) is 5.62. The van der Waals surface area contributed by atoms with Crippen LogP contribution >= 0.6 is 0 Å². The Morgan fingerprint density at radius 3 is 2.31 bits per heavy atom. The number of amides is 2. The Bertz CT molecular complexity index is 791. The number of benzene rings is 1. The van der Waals surface area contributed by atoms with Gasteiger partial charge in [0.05, 0.1) is 10.3 Å². The molecule has 1 unspecified atom stereocenters. The molecule has 1 aliphatic heterocycles. The maximum Gasteiger partial charge on any atom is 0.321 e. The summed E-state index contributed by atoms with van der Waals surface area (Å²) in [6.07, 6.45) is 0.397. The highest BCUT2D eigenvalue weighted by Crippen LogP contribution is 2.30. The van der Waals surface area contributed by atoms with Gasteiger partial charge in [0, 0.05) is 31.9 Å². The van der Waals surface area contributed by atoms with Crippen LogP contribution < -0.4 is 5.32 Å². The minimum absolute atomic E-state index is 0.139. The number of carbonyl (C=O) groups excluding carboxylic acids is 1. The zero-order valence-corrected chi connectivity index (χ0v) is 16.2. The summed E-state index contributed by atoms with van der Waals surface area (Å²) in [6.45, 7) is 5.69. The first-order valence-electron chi connectivity index (χ1n) is 8.35. The van der Waals surface area contributed by atoms with E-state index in [1.807, 2.05) is 0 Å². The maximum atomic E-state index is 12.4. The Balaban J connectivity index is 2.06. The van der Waals surface area contributed by atoms with E-state index >= 15 is 0 Å². The molecule has 2 N–H and O–H groups in total. The van der Waals surface area contributed by atoms with Gasteiger partial charge in [-0.3, -0.25) is 4.79 Å². The van der Waals surface area contributed by atoms with E-state index in [0.717, 1.165) is 0 Å². The lowest BCUT2D eigenvalue weighted by molar-refractivity contribution is -0.146. The molecule has 1 aliphatic rings. The number of hydrogen-bond acceptors (Lipinski definition) is 4. The summed E-state index contributed by atoms with van der Waals surface area (Å²) >= 11 is 0. The third kappa shape index (κ3) is 3.99. The number of anilines is 1. The Hall–Kier alpha value is -2.13. The molecule has 0 radical (unpaired) electrons. The number of likely N-dealkylation sites (tertiary alicyclic amines) is 1. The van der Waals surface area contributed by atoms with Crippen molar-refractivity contribution in [2.75, 3.05) is 25.5 Å². The molecule has 1 atom stereocenters. The van der Waals surface area contributed by atoms with Crippen LogP contribution in [-0.4, -0.2) is 60.9 Å². The topological polar surface area (TPSA) is 107 Å². The molecular weight excluding hydrogens is 358 g/mol. The van der Waals surface area contributed by atoms with Crippen LogP contribution in [0, 0.1) is 5.41 Å². The van der Waals surface area contributed by atoms with E-state index in [0.29, 0.717) is 18.7 Å². The number of carbonyl (C=O) groups is 2. The van der Waals surface area contributed by atoms with E-state index in [1.54, 1.807) is 20.8 Å². The van der Waals surface area contributed by atoms with Gasteiger partial charge >= 0.3 is 12.0 Å². The molecule has 1 saturated heterocycles. The van der Waals surface area contributed by atoms with E-state index in [4.69, 9.17) is 0 Å². The fourth-order valence-corrected chi connectivity index (χ4v) is 4.03. The molecule has 1 fully saturated rings. The number of aliphatic carboxylic acids is 1. The van der Waals surface area contributed by atoms with Crippen LogP contribution in [0.15, 0.2) is 29.2 Å². The standard InChI is InChI=1S/C17H25N3O5S/c1-12(2)19(4)26(24,25)14-7-5-13(6-8-14)18-16(23)20-10-9-17(3,11-20)15(21)22/h5-8,12H,9-11H2,1-4H3,(H,18,23)(H,21,22). The molecular formula is C17H25N3O5S. The van der Waals surface area contributed by atoms with E-state index in [2.05, 4.69) is 5.32 Å². The highest BCUT2D eigenvalue weighted by atomic mass is 32.2. The zero-order valence-electron chi connectivity index (χ0n) is 15.4. The number of nitrogens with one attached hydrogen (secondary N) is 1. The van der Waals surface area contributed by atoms with Gasteiger partial charge in [-0.15, -0.1) is 0 Å². The van der Waals surface area contributed by atoms with Crippen LogP contribution in [0.4, 0.5) is 10.5 Å². The zero-order chi connectivity index (χ0) is 19.7. The number of rotatable bonds is 5. The lowest BCUT2D eigenvalue weighted by atomic mass is 9.90. The molecule has 8 nitrogen and oxygen atoms in total. The number of urea groups is 1. The van der Waals surface area contributed by atoms with Crippen molar-refractivity contribution >= 4 is 27.7 Å². The van der Waals surface area contributed by atoms with Crippen LogP contribution in [0.2, 0.25) is 0 Å². The molecule has 0 spiro atoms. The van der Waals surface area contributed by atoms with Crippen molar-refractivity contribution in [2.24, 2.45) is 5.41 Å². The van der Waals surface area contributed by atoms with Crippen molar-refractivity contribution in [3.63, 3.8) is 0 Å². The molecule has 1 aromatic rings. The van der Waals surface area contributed by atoms with Gasteiger partial charge in [0.25, 0.3) is 0 Å². The van der Waals surface area contributed by atoms with E-state index in [1.165, 1.54) is 40.5 Å². The fraction of sp³-hybridized carbons (Fsp3) is 0.529. The Labute approximate surface area is 153 Å². The molecule has 2 rings (SSSR count). The predicted molar refractivity (Wildman–Crippen MR) is 97.5 cm³/mol. The highest BCUT2D eigenvalue weighted by Gasteiger charge is 2.42. The molecule has 0 bridgehead atoms. The van der Waals surface area contributed by atoms with E-state index in [-0.39, 0.29) is 17.5 Å². The van der Waals surface area contributed by atoms with Crippen LogP contribution in [0.3, 0.4) is 0 Å². The van der Waals surface area contributed by atoms with Crippen molar-refractivity contribution in [3.05, 3.63) is 24.3 Å². The van der Waals surface area contributed by atoms with Crippen molar-refractivity contribution in [2.45, 2.75) is 38.1 Å². The number of carboxylic acids is 1. The second-order valence-electron chi connectivity index (χ2n) is 7.11. The summed E-state index contributed by atoms with van der Waals surface area (Å²) in [4.78, 5) is 25.2. The van der Waals surface area contributed by atoms with Gasteiger partial charge in [-0.25, -0.2) is 13.2 Å². The van der Waals surface area contributed by atoms with Crippen molar-refractivity contribution in [1.82, 2.24) is 9.21 Å². The van der Waals surface area contributed by atoms with Gasteiger partial charge in [0.15, 0.2) is 0 Å². The van der Waals surface area contributed by atoms with Gasteiger partial charge in [-0.1, -0.05) is 0 Å². The second kappa shape index (κ2) is 7.24. The van der Waals surface area contributed by atoms with Crippen LogP contribution in [-0.2, 0) is 14.8 Å². The number of hydrogen-bond donors (Lipinski definition) is 2. The highest BCUT2D eigenvalue weighted by molar-refractivity contribution is 7.89. The summed E-state index contributed by atoms with van der Waals surface area (Å²) in [5, 5.41) is 11.9. The minimum Gasteiger partial charge on any atom is -0.481 e. The fourth-order valence-electron chi connectivity index (χ4n) is 2.67. The van der Waals surface area contributed by atoms with Gasteiger partial charge in [0.1, 0.15) is 0 Å². The lowest BCUT2D eigenvalue weighted by Crippen LogP contribution is -2.37. The monoisotopic (exact) mass is 383 g/mol. The lowest BCUT2D eigenvalue weighted by Gasteiger charge is -2.22. The largest absolute Gasteiger partial charge is 0.481 e. The summed E-state index contributed by atoms with van der Waals surface area (Å²) in [5.41, 5.74) is -0.485. The smallest absolute Gasteiger partial charge is 0.321 e. The van der Waals surface area contributed by atoms with Gasteiger partial charge in [-0.2, -0.15) is 4.31 Å². The molecule has 0 aliphatic carbocycles. The van der Waals surface area contributed by atoms with Crippen molar-refractivity contribution in [3.8, 4) is 0 Å². The molecule has 26 heavy (non-hydrogen) atoms. The molecule has 144 valence electrons. The predicted octanol–water partition coefficient (Wildman–Crippen LogP) is 2.04. The minimum atomic E-state index is -3.58. The summed E-state index contributed by atoms with van der Waals surface area (Å²) < 4.78 is 26.1. The summed E-state index contributed by atoms with van der Waals surface area (Å²) in [7, 11) is -2.06. The van der Waals surface area contributed by atoms with Crippen LogP contribution in [0.5, 0.6) is 0 Å². The summed E-state index contributed by atoms with van der Waals surface area (Å²) in [6, 6.07) is 5.35. The SMILES string of the molecule is CC(C)N(C)S(=O)(=O)c1ccc(NC(=O)N2CCC(C)(C(=O)O)C2)cc1. The quantitative estimate of drug-likeness (QED) is 0.809. The number of sulfonamides is 1. The molecule has 2 amide bonds. The first-order valence-corrected chi connectivity index (χ1v) is 9.79. The third-order valence-corrected chi connectivity index (χ3v) is 6.83. The Morgan fingerprint density at radius 1 is 1.27 bits per heavy atom. The van der Waals surface area contributed by atoms with Gasteiger partial charge in [0.2, 0.25) is 10.0 Å². The Morgan fingerprint density at radius 2 is 1.85 bits per heavy atom. The average molecular weight is 383 g/mol. The summed E-state index contributed by atoms with van der Waals surface area (Å²) in [5.74, 6) is -0.920. The maximum absolute atomic E-state index is 12.4. The number of nitrogens with zero attached hydrogens (tertiary/aromatic N) is 2. The molecule has 0 aromatic heterocycles. The first-order chi connectivity index (χ1) is 12.0. The van der Waals surface area contributed by atoms with Crippen LogP contribution in [0.25, 0.3) is 0 Å².